The average Bonchev–Trinajstić information content (AvgIpc) is 3.35. The molecule has 30 heavy (non-hydrogen) atoms. The maximum absolute atomic E-state index is 13.1. The SMILES string of the molecule is Cc1ccc(C(=O)NCc2nc([C@H]3CC(=O)N(Cc4ccc(F)cc4)C3)no2)cc1. The molecule has 0 aliphatic carbocycles. The second-order valence-corrected chi connectivity index (χ2v) is 7.40. The monoisotopic (exact) mass is 408 g/mol. The molecule has 154 valence electrons. The fourth-order valence-electron chi connectivity index (χ4n) is 3.38. The fourth-order valence-corrected chi connectivity index (χ4v) is 3.38. The summed E-state index contributed by atoms with van der Waals surface area (Å²) in [7, 11) is 0. The van der Waals surface area contributed by atoms with Crippen LogP contribution in [0.25, 0.3) is 0 Å². The number of carbonyl (C=O) groups is 2. The summed E-state index contributed by atoms with van der Waals surface area (Å²) in [6.07, 6.45) is 0.288. The molecule has 1 aliphatic heterocycles. The second kappa shape index (κ2) is 8.44. The van der Waals surface area contributed by atoms with Crippen molar-refractivity contribution in [3.05, 3.63) is 82.8 Å². The number of halogens is 1. The quantitative estimate of drug-likeness (QED) is 0.678. The van der Waals surface area contributed by atoms with Crippen molar-refractivity contribution >= 4 is 11.8 Å². The van der Waals surface area contributed by atoms with Crippen molar-refractivity contribution in [2.75, 3.05) is 6.54 Å². The highest BCUT2D eigenvalue weighted by atomic mass is 19.1. The summed E-state index contributed by atoms with van der Waals surface area (Å²) in [6.45, 7) is 2.94. The molecule has 0 unspecified atom stereocenters. The number of rotatable bonds is 6. The molecule has 1 N–H and O–H groups in total. The third kappa shape index (κ3) is 4.53. The van der Waals surface area contributed by atoms with Gasteiger partial charge < -0.3 is 14.7 Å². The summed E-state index contributed by atoms with van der Waals surface area (Å²) >= 11 is 0. The van der Waals surface area contributed by atoms with E-state index in [1.54, 1.807) is 29.2 Å². The molecular formula is C22H21FN4O3. The van der Waals surface area contributed by atoms with Gasteiger partial charge in [0.05, 0.1) is 6.54 Å². The molecule has 1 atom stereocenters. The van der Waals surface area contributed by atoms with E-state index in [0.29, 0.717) is 24.5 Å². The van der Waals surface area contributed by atoms with Crippen LogP contribution in [0.3, 0.4) is 0 Å². The summed E-state index contributed by atoms with van der Waals surface area (Å²) in [5, 5.41) is 6.73. The number of nitrogens with one attached hydrogen (secondary N) is 1. The third-order valence-corrected chi connectivity index (χ3v) is 5.06. The van der Waals surface area contributed by atoms with Gasteiger partial charge in [0.2, 0.25) is 11.8 Å². The van der Waals surface area contributed by atoms with Gasteiger partial charge in [0.15, 0.2) is 5.82 Å². The maximum Gasteiger partial charge on any atom is 0.251 e. The van der Waals surface area contributed by atoms with Gasteiger partial charge >= 0.3 is 0 Å². The van der Waals surface area contributed by atoms with Crippen molar-refractivity contribution in [2.24, 2.45) is 0 Å². The highest BCUT2D eigenvalue weighted by Crippen LogP contribution is 2.27. The molecular weight excluding hydrogens is 387 g/mol. The van der Waals surface area contributed by atoms with Crippen LogP contribution in [0.15, 0.2) is 53.1 Å². The van der Waals surface area contributed by atoms with Crippen molar-refractivity contribution in [1.29, 1.82) is 0 Å². The topological polar surface area (TPSA) is 88.3 Å². The summed E-state index contributed by atoms with van der Waals surface area (Å²) < 4.78 is 18.3. The molecule has 1 saturated heterocycles. The average molecular weight is 408 g/mol. The van der Waals surface area contributed by atoms with Crippen molar-refractivity contribution < 1.29 is 18.5 Å². The lowest BCUT2D eigenvalue weighted by molar-refractivity contribution is -0.128. The molecule has 2 aromatic carbocycles. The first-order valence-electron chi connectivity index (χ1n) is 9.67. The smallest absolute Gasteiger partial charge is 0.251 e. The van der Waals surface area contributed by atoms with E-state index in [-0.39, 0.29) is 42.4 Å². The van der Waals surface area contributed by atoms with Gasteiger partial charge in [-0.15, -0.1) is 0 Å². The fraction of sp³-hybridized carbons (Fsp3) is 0.273. The van der Waals surface area contributed by atoms with E-state index in [0.717, 1.165) is 11.1 Å². The van der Waals surface area contributed by atoms with Gasteiger partial charge in [-0.1, -0.05) is 35.0 Å². The summed E-state index contributed by atoms with van der Waals surface area (Å²) in [5.41, 5.74) is 2.49. The van der Waals surface area contributed by atoms with Crippen LogP contribution in [0.2, 0.25) is 0 Å². The largest absolute Gasteiger partial charge is 0.343 e. The Balaban J connectivity index is 1.33. The third-order valence-electron chi connectivity index (χ3n) is 5.06. The lowest BCUT2D eigenvalue weighted by Gasteiger charge is -2.16. The van der Waals surface area contributed by atoms with Crippen molar-refractivity contribution in [2.45, 2.75) is 32.4 Å². The molecule has 0 radical (unpaired) electrons. The molecule has 1 aromatic heterocycles. The summed E-state index contributed by atoms with van der Waals surface area (Å²) in [5.74, 6) is 0.0143. The lowest BCUT2D eigenvalue weighted by atomic mass is 10.1. The molecule has 2 heterocycles. The molecule has 0 saturated carbocycles. The Hall–Kier alpha value is -3.55. The van der Waals surface area contributed by atoms with Gasteiger partial charge in [-0.25, -0.2) is 4.39 Å². The molecule has 1 aliphatic rings. The Morgan fingerprint density at radius 3 is 2.67 bits per heavy atom. The number of carbonyl (C=O) groups excluding carboxylic acids is 2. The van der Waals surface area contributed by atoms with Crippen LogP contribution in [0.4, 0.5) is 4.39 Å². The van der Waals surface area contributed by atoms with Crippen LogP contribution >= 0.6 is 0 Å². The Morgan fingerprint density at radius 2 is 1.93 bits per heavy atom. The number of nitrogens with zero attached hydrogens (tertiary/aromatic N) is 3. The molecule has 3 aromatic rings. The summed E-state index contributed by atoms with van der Waals surface area (Å²) in [4.78, 5) is 30.6. The number of aromatic nitrogens is 2. The minimum atomic E-state index is -0.307. The number of hydrogen-bond donors (Lipinski definition) is 1. The minimum Gasteiger partial charge on any atom is -0.343 e. The molecule has 0 spiro atoms. The first-order chi connectivity index (χ1) is 14.5. The van der Waals surface area contributed by atoms with Crippen LogP contribution in [0.5, 0.6) is 0 Å². The molecule has 0 bridgehead atoms. The minimum absolute atomic E-state index is 0.0108. The van der Waals surface area contributed by atoms with Gasteiger partial charge in [-0.3, -0.25) is 9.59 Å². The zero-order valence-electron chi connectivity index (χ0n) is 16.5. The number of likely N-dealkylation sites (tertiary alicyclic amines) is 1. The lowest BCUT2D eigenvalue weighted by Crippen LogP contribution is -2.24. The van der Waals surface area contributed by atoms with Gasteiger partial charge in [0, 0.05) is 31.0 Å². The zero-order chi connectivity index (χ0) is 21.1. The first-order valence-corrected chi connectivity index (χ1v) is 9.67. The van der Waals surface area contributed by atoms with Crippen LogP contribution in [-0.2, 0) is 17.9 Å². The van der Waals surface area contributed by atoms with Crippen molar-refractivity contribution in [3.63, 3.8) is 0 Å². The molecule has 7 nitrogen and oxygen atoms in total. The van der Waals surface area contributed by atoms with Crippen molar-refractivity contribution in [1.82, 2.24) is 20.4 Å². The Bertz CT molecular complexity index is 1050. The molecule has 4 rings (SSSR count). The van der Waals surface area contributed by atoms with Gasteiger partial charge in [0.1, 0.15) is 5.82 Å². The van der Waals surface area contributed by atoms with Crippen molar-refractivity contribution in [3.8, 4) is 0 Å². The van der Waals surface area contributed by atoms with E-state index in [9.17, 15) is 14.0 Å². The van der Waals surface area contributed by atoms with Gasteiger partial charge in [0.25, 0.3) is 5.91 Å². The molecule has 8 heteroatoms. The summed E-state index contributed by atoms with van der Waals surface area (Å²) in [6, 6.07) is 13.3. The van der Waals surface area contributed by atoms with Crippen LogP contribution < -0.4 is 5.32 Å². The van der Waals surface area contributed by atoms with E-state index in [4.69, 9.17) is 4.52 Å². The number of hydrogen-bond acceptors (Lipinski definition) is 5. The van der Waals surface area contributed by atoms with Crippen LogP contribution in [0, 0.1) is 12.7 Å². The highest BCUT2D eigenvalue weighted by Gasteiger charge is 2.33. The number of aryl methyl sites for hydroxylation is 1. The molecule has 1 fully saturated rings. The Kier molecular flexibility index (Phi) is 5.56. The standard InChI is InChI=1S/C22H21FN4O3/c1-14-2-6-16(7-3-14)22(29)24-11-19-25-21(26-30-19)17-10-20(28)27(13-17)12-15-4-8-18(23)9-5-15/h2-9,17H,10-13H2,1H3,(H,24,29)/t17-/m0/s1. The molecule has 2 amide bonds. The van der Waals surface area contributed by atoms with E-state index >= 15 is 0 Å². The van der Waals surface area contributed by atoms with Crippen LogP contribution in [0.1, 0.15) is 45.5 Å². The van der Waals surface area contributed by atoms with E-state index in [2.05, 4.69) is 15.5 Å². The van der Waals surface area contributed by atoms with Gasteiger partial charge in [-0.05, 0) is 36.8 Å². The highest BCUT2D eigenvalue weighted by molar-refractivity contribution is 5.94. The predicted molar refractivity (Wildman–Crippen MR) is 106 cm³/mol. The number of amides is 2. The predicted octanol–water partition coefficient (Wildman–Crippen LogP) is 2.96. The van der Waals surface area contributed by atoms with Gasteiger partial charge in [-0.2, -0.15) is 4.98 Å². The zero-order valence-corrected chi connectivity index (χ0v) is 16.5. The first kappa shape index (κ1) is 19.8. The second-order valence-electron chi connectivity index (χ2n) is 7.40. The van der Waals surface area contributed by atoms with E-state index < -0.39 is 0 Å². The number of benzene rings is 2. The van der Waals surface area contributed by atoms with Crippen LogP contribution in [-0.4, -0.2) is 33.4 Å². The normalized spacial score (nSPS) is 16.1. The van der Waals surface area contributed by atoms with E-state index in [1.807, 2.05) is 19.1 Å². The Labute approximate surface area is 172 Å². The maximum atomic E-state index is 13.1. The Morgan fingerprint density at radius 1 is 1.20 bits per heavy atom. The van der Waals surface area contributed by atoms with E-state index in [1.165, 1.54) is 12.1 Å².